The minimum absolute atomic E-state index is 0.0345. The number of nitrogens with one attached hydrogen (secondary N) is 1. The largest absolute Gasteiger partial charge is 0.461 e. The number of carbonyl (C=O) groups is 2. The molecule has 1 saturated heterocycles. The molecule has 6 atom stereocenters. The van der Waals surface area contributed by atoms with Gasteiger partial charge in [-0.3, -0.25) is 9.59 Å². The number of aryl methyl sites for hydroxylation is 2. The summed E-state index contributed by atoms with van der Waals surface area (Å²) in [6.45, 7) is 4.02. The molecule has 1 N–H and O–H groups in total. The second kappa shape index (κ2) is 4.82. The highest BCUT2D eigenvalue weighted by Gasteiger charge is 2.67. The average Bonchev–Trinajstić information content (AvgIpc) is 3.01. The van der Waals surface area contributed by atoms with E-state index in [-0.39, 0.29) is 46.5 Å². The van der Waals surface area contributed by atoms with Crippen LogP contribution in [-0.2, 0) is 14.3 Å². The van der Waals surface area contributed by atoms with Crippen molar-refractivity contribution in [2.75, 3.05) is 5.32 Å². The number of amides is 1. The Morgan fingerprint density at radius 2 is 1.91 bits per heavy atom. The Hall–Kier alpha value is -1.36. The van der Waals surface area contributed by atoms with Crippen LogP contribution in [0.3, 0.4) is 0 Å². The number of rotatable bonds is 2. The van der Waals surface area contributed by atoms with E-state index in [9.17, 15) is 9.59 Å². The molecule has 5 heteroatoms. The Labute approximate surface area is 137 Å². The maximum absolute atomic E-state index is 12.8. The first kappa shape index (κ1) is 14.2. The normalized spacial score (nSPS) is 38.2. The van der Waals surface area contributed by atoms with Crippen LogP contribution in [0.25, 0.3) is 0 Å². The first-order chi connectivity index (χ1) is 10.5. The van der Waals surface area contributed by atoms with Gasteiger partial charge in [0, 0.05) is 11.6 Å². The lowest BCUT2D eigenvalue weighted by atomic mass is 9.79. The standard InChI is InChI=1S/C17H18BrNO3/c1-7-3-8(2)5-9(4-7)19-16(20)12-10-6-11-13(12)17(21)22-15(11)14(10)18/h3-5,10-15H,6H2,1-2H3,(H,19,20)/t10-,11-,12-,13+,14-,15+/m1/s1. The van der Waals surface area contributed by atoms with Crippen molar-refractivity contribution in [3.8, 4) is 0 Å². The van der Waals surface area contributed by atoms with E-state index in [1.54, 1.807) is 0 Å². The summed E-state index contributed by atoms with van der Waals surface area (Å²) < 4.78 is 5.45. The molecule has 1 aromatic carbocycles. The van der Waals surface area contributed by atoms with Gasteiger partial charge in [-0.2, -0.15) is 0 Å². The molecular weight excluding hydrogens is 346 g/mol. The van der Waals surface area contributed by atoms with Gasteiger partial charge < -0.3 is 10.1 Å². The van der Waals surface area contributed by atoms with E-state index >= 15 is 0 Å². The van der Waals surface area contributed by atoms with E-state index < -0.39 is 0 Å². The lowest BCUT2D eigenvalue weighted by molar-refractivity contribution is -0.145. The van der Waals surface area contributed by atoms with Gasteiger partial charge in [-0.1, -0.05) is 22.0 Å². The Morgan fingerprint density at radius 3 is 2.59 bits per heavy atom. The van der Waals surface area contributed by atoms with Gasteiger partial charge in [-0.15, -0.1) is 0 Å². The van der Waals surface area contributed by atoms with Gasteiger partial charge >= 0.3 is 5.97 Å². The number of hydrogen-bond acceptors (Lipinski definition) is 3. The summed E-state index contributed by atoms with van der Waals surface area (Å²) in [6.07, 6.45) is 0.870. The first-order valence-corrected chi connectivity index (χ1v) is 8.61. The molecule has 1 amide bonds. The van der Waals surface area contributed by atoms with Crippen LogP contribution in [0.1, 0.15) is 17.5 Å². The molecule has 2 aliphatic carbocycles. The third kappa shape index (κ3) is 1.94. The van der Waals surface area contributed by atoms with Gasteiger partial charge in [0.15, 0.2) is 0 Å². The van der Waals surface area contributed by atoms with Crippen molar-refractivity contribution in [3.63, 3.8) is 0 Å². The minimum atomic E-state index is -0.276. The molecule has 22 heavy (non-hydrogen) atoms. The SMILES string of the molecule is Cc1cc(C)cc(NC(=O)[C@@H]2[C@H]3C[C@H]4[C@H](OC(=O)[C@@H]42)[C@@H]3Br)c1. The van der Waals surface area contributed by atoms with Crippen molar-refractivity contribution in [3.05, 3.63) is 29.3 Å². The molecule has 3 aliphatic rings. The molecule has 0 spiro atoms. The summed E-state index contributed by atoms with van der Waals surface area (Å²) in [5.74, 6) is -0.380. The van der Waals surface area contributed by atoms with Crippen LogP contribution in [0.15, 0.2) is 18.2 Å². The van der Waals surface area contributed by atoms with Gasteiger partial charge in [0.25, 0.3) is 0 Å². The molecule has 0 aromatic heterocycles. The van der Waals surface area contributed by atoms with Gasteiger partial charge in [-0.25, -0.2) is 0 Å². The van der Waals surface area contributed by atoms with Crippen LogP contribution in [0.2, 0.25) is 0 Å². The molecule has 2 saturated carbocycles. The van der Waals surface area contributed by atoms with Gasteiger partial charge in [0.05, 0.1) is 16.7 Å². The molecule has 2 bridgehead atoms. The third-order valence-electron chi connectivity index (χ3n) is 5.32. The Morgan fingerprint density at radius 1 is 1.23 bits per heavy atom. The smallest absolute Gasteiger partial charge is 0.310 e. The lowest BCUT2D eigenvalue weighted by Crippen LogP contribution is -2.40. The summed E-state index contributed by atoms with van der Waals surface area (Å²) >= 11 is 3.64. The molecule has 1 aromatic rings. The maximum atomic E-state index is 12.8. The highest BCUT2D eigenvalue weighted by molar-refractivity contribution is 9.09. The topological polar surface area (TPSA) is 55.4 Å². The Bertz CT molecular complexity index is 654. The van der Waals surface area contributed by atoms with Crippen LogP contribution in [0.5, 0.6) is 0 Å². The van der Waals surface area contributed by atoms with Crippen molar-refractivity contribution in [2.45, 2.75) is 31.2 Å². The molecular formula is C17H18BrNO3. The number of hydrogen-bond donors (Lipinski definition) is 1. The Balaban J connectivity index is 1.59. The van der Waals surface area contributed by atoms with Gasteiger partial charge in [-0.05, 0) is 49.4 Å². The fourth-order valence-corrected chi connectivity index (χ4v) is 5.65. The number of benzene rings is 1. The molecule has 1 heterocycles. The molecule has 116 valence electrons. The monoisotopic (exact) mass is 363 g/mol. The van der Waals surface area contributed by atoms with Gasteiger partial charge in [0.2, 0.25) is 5.91 Å². The zero-order valence-electron chi connectivity index (χ0n) is 12.5. The second-order valence-corrected chi connectivity index (χ2v) is 7.88. The predicted octanol–water partition coefficient (Wildman–Crippen LogP) is 2.81. The summed E-state index contributed by atoms with van der Waals surface area (Å²) in [5.41, 5.74) is 3.03. The van der Waals surface area contributed by atoms with Crippen LogP contribution in [-0.4, -0.2) is 22.8 Å². The summed E-state index contributed by atoms with van der Waals surface area (Å²) in [7, 11) is 0. The molecule has 0 unspecified atom stereocenters. The molecule has 0 radical (unpaired) electrons. The van der Waals surface area contributed by atoms with Crippen molar-refractivity contribution >= 4 is 33.5 Å². The summed E-state index contributed by atoms with van der Waals surface area (Å²) in [4.78, 5) is 25.0. The Kier molecular flexibility index (Phi) is 3.12. The predicted molar refractivity (Wildman–Crippen MR) is 85.7 cm³/mol. The van der Waals surface area contributed by atoms with E-state index in [1.807, 2.05) is 26.0 Å². The van der Waals surface area contributed by atoms with E-state index in [1.165, 1.54) is 0 Å². The van der Waals surface area contributed by atoms with Crippen LogP contribution in [0, 0.1) is 37.5 Å². The number of alkyl halides is 1. The highest BCUT2D eigenvalue weighted by atomic mass is 79.9. The zero-order chi connectivity index (χ0) is 15.6. The van der Waals surface area contributed by atoms with Crippen molar-refractivity contribution in [2.24, 2.45) is 23.7 Å². The second-order valence-electron chi connectivity index (χ2n) is 6.83. The van der Waals surface area contributed by atoms with Crippen molar-refractivity contribution in [1.29, 1.82) is 0 Å². The van der Waals surface area contributed by atoms with Crippen molar-refractivity contribution < 1.29 is 14.3 Å². The van der Waals surface area contributed by atoms with E-state index in [0.717, 1.165) is 23.2 Å². The summed E-state index contributed by atoms with van der Waals surface area (Å²) in [6, 6.07) is 5.99. The van der Waals surface area contributed by atoms with Crippen molar-refractivity contribution in [1.82, 2.24) is 0 Å². The molecule has 3 fully saturated rings. The minimum Gasteiger partial charge on any atom is -0.461 e. The molecule has 1 aliphatic heterocycles. The molecule has 4 rings (SSSR count). The summed E-state index contributed by atoms with van der Waals surface area (Å²) in [5, 5.41) is 3.01. The lowest BCUT2D eigenvalue weighted by Gasteiger charge is -2.27. The number of fused-ring (bicyclic) bond motifs is 1. The van der Waals surface area contributed by atoms with E-state index in [2.05, 4.69) is 27.3 Å². The number of anilines is 1. The zero-order valence-corrected chi connectivity index (χ0v) is 14.1. The average molecular weight is 364 g/mol. The highest BCUT2D eigenvalue weighted by Crippen LogP contribution is 2.60. The van der Waals surface area contributed by atoms with Crippen LogP contribution >= 0.6 is 15.9 Å². The third-order valence-corrected chi connectivity index (χ3v) is 6.52. The number of halogens is 1. The maximum Gasteiger partial charge on any atom is 0.310 e. The molecule has 4 nitrogen and oxygen atoms in total. The number of esters is 1. The van der Waals surface area contributed by atoms with E-state index in [4.69, 9.17) is 4.74 Å². The van der Waals surface area contributed by atoms with E-state index in [0.29, 0.717) is 0 Å². The number of ether oxygens (including phenoxy) is 1. The quantitative estimate of drug-likeness (QED) is 0.649. The first-order valence-electron chi connectivity index (χ1n) is 7.69. The fraction of sp³-hybridized carbons (Fsp3) is 0.529. The van der Waals surface area contributed by atoms with Crippen LogP contribution in [0.4, 0.5) is 5.69 Å². The number of carbonyl (C=O) groups excluding carboxylic acids is 2. The van der Waals surface area contributed by atoms with Gasteiger partial charge in [0.1, 0.15) is 6.10 Å². The van der Waals surface area contributed by atoms with Crippen LogP contribution < -0.4 is 5.32 Å². The fourth-order valence-electron chi connectivity index (χ4n) is 4.60.